The minimum atomic E-state index is 0.282. The molecule has 1 aromatic heterocycles. The predicted octanol–water partition coefficient (Wildman–Crippen LogP) is 4.69. The van der Waals surface area contributed by atoms with Crippen LogP contribution in [0, 0.1) is 6.92 Å². The quantitative estimate of drug-likeness (QED) is 0.856. The largest absolute Gasteiger partial charge is 0.377 e. The number of aromatic nitrogens is 1. The zero-order valence-electron chi connectivity index (χ0n) is 12.1. The van der Waals surface area contributed by atoms with Crippen molar-refractivity contribution < 1.29 is 0 Å². The summed E-state index contributed by atoms with van der Waals surface area (Å²) in [6.45, 7) is 8.64. The minimum absolute atomic E-state index is 0.282. The summed E-state index contributed by atoms with van der Waals surface area (Å²) >= 11 is 0. The fourth-order valence-corrected chi connectivity index (χ4v) is 2.12. The lowest BCUT2D eigenvalue weighted by Gasteiger charge is -2.17. The Morgan fingerprint density at radius 1 is 0.947 bits per heavy atom. The summed E-state index contributed by atoms with van der Waals surface area (Å²) in [6, 6.07) is 13.2. The predicted molar refractivity (Wildman–Crippen MR) is 81.5 cm³/mol. The van der Waals surface area contributed by atoms with Crippen LogP contribution in [0.5, 0.6) is 0 Å². The molecule has 0 aliphatic rings. The second-order valence-corrected chi connectivity index (χ2v) is 5.32. The zero-order valence-corrected chi connectivity index (χ0v) is 12.1. The molecule has 1 heterocycles. The fourth-order valence-electron chi connectivity index (χ4n) is 2.12. The Balaban J connectivity index is 2.12. The number of hydrogen-bond acceptors (Lipinski definition) is 2. The summed E-state index contributed by atoms with van der Waals surface area (Å²) in [5.74, 6) is 0.581. The lowest BCUT2D eigenvalue weighted by Crippen LogP contribution is -2.08. The first-order chi connectivity index (χ1) is 9.08. The molecule has 2 aromatic rings. The van der Waals surface area contributed by atoms with Crippen LogP contribution in [-0.2, 0) is 0 Å². The molecule has 0 saturated carbocycles. The molecule has 0 fully saturated rings. The molecular formula is C17H22N2. The van der Waals surface area contributed by atoms with E-state index in [0.29, 0.717) is 5.92 Å². The van der Waals surface area contributed by atoms with Crippen LogP contribution in [0.25, 0.3) is 0 Å². The van der Waals surface area contributed by atoms with Gasteiger partial charge in [-0.15, -0.1) is 0 Å². The van der Waals surface area contributed by atoms with Gasteiger partial charge in [0.1, 0.15) is 0 Å². The van der Waals surface area contributed by atoms with E-state index in [-0.39, 0.29) is 6.04 Å². The molecule has 0 spiro atoms. The van der Waals surface area contributed by atoms with Gasteiger partial charge in [-0.05, 0) is 43.0 Å². The van der Waals surface area contributed by atoms with E-state index in [2.05, 4.69) is 61.4 Å². The van der Waals surface area contributed by atoms with Crippen LogP contribution in [0.2, 0.25) is 0 Å². The van der Waals surface area contributed by atoms with Gasteiger partial charge >= 0.3 is 0 Å². The van der Waals surface area contributed by atoms with Crippen molar-refractivity contribution in [3.8, 4) is 0 Å². The third kappa shape index (κ3) is 3.34. The van der Waals surface area contributed by atoms with E-state index in [4.69, 9.17) is 0 Å². The first-order valence-corrected chi connectivity index (χ1v) is 6.86. The van der Waals surface area contributed by atoms with Crippen molar-refractivity contribution in [3.63, 3.8) is 0 Å². The molecule has 0 aliphatic carbocycles. The van der Waals surface area contributed by atoms with Gasteiger partial charge in [0.05, 0.1) is 11.4 Å². The third-order valence-electron chi connectivity index (χ3n) is 3.48. The van der Waals surface area contributed by atoms with Gasteiger partial charge in [-0.25, -0.2) is 0 Å². The Bertz CT molecular complexity index is 529. The number of pyridine rings is 1. The second-order valence-electron chi connectivity index (χ2n) is 5.32. The van der Waals surface area contributed by atoms with Gasteiger partial charge < -0.3 is 5.32 Å². The summed E-state index contributed by atoms with van der Waals surface area (Å²) < 4.78 is 0. The fraction of sp³-hybridized carbons (Fsp3) is 0.353. The Hall–Kier alpha value is -1.83. The van der Waals surface area contributed by atoms with Crippen molar-refractivity contribution >= 4 is 5.69 Å². The van der Waals surface area contributed by atoms with E-state index in [1.54, 1.807) is 0 Å². The van der Waals surface area contributed by atoms with Gasteiger partial charge in [0.15, 0.2) is 0 Å². The molecule has 1 atom stereocenters. The highest BCUT2D eigenvalue weighted by Gasteiger charge is 2.07. The van der Waals surface area contributed by atoms with Crippen molar-refractivity contribution in [1.82, 2.24) is 4.98 Å². The van der Waals surface area contributed by atoms with Crippen LogP contribution in [0.4, 0.5) is 5.69 Å². The van der Waals surface area contributed by atoms with Gasteiger partial charge in [0, 0.05) is 12.2 Å². The van der Waals surface area contributed by atoms with Gasteiger partial charge in [0.2, 0.25) is 0 Å². The molecule has 0 radical (unpaired) electrons. The van der Waals surface area contributed by atoms with E-state index < -0.39 is 0 Å². The van der Waals surface area contributed by atoms with Gasteiger partial charge in [-0.2, -0.15) is 0 Å². The lowest BCUT2D eigenvalue weighted by molar-refractivity contribution is 0.850. The molecule has 100 valence electrons. The normalized spacial score (nSPS) is 12.5. The number of nitrogens with zero attached hydrogens (tertiary/aromatic N) is 1. The van der Waals surface area contributed by atoms with Crippen LogP contribution in [0.3, 0.4) is 0 Å². The molecule has 0 bridgehead atoms. The monoisotopic (exact) mass is 254 g/mol. The highest BCUT2D eigenvalue weighted by atomic mass is 14.9. The maximum atomic E-state index is 4.30. The Kier molecular flexibility index (Phi) is 4.20. The topological polar surface area (TPSA) is 24.9 Å². The zero-order chi connectivity index (χ0) is 13.8. The number of aryl methyl sites for hydroxylation is 1. The molecule has 0 amide bonds. The molecule has 2 nitrogen and oxygen atoms in total. The van der Waals surface area contributed by atoms with Crippen molar-refractivity contribution in [2.24, 2.45) is 0 Å². The summed E-state index contributed by atoms with van der Waals surface area (Å²) in [4.78, 5) is 4.30. The Morgan fingerprint density at radius 2 is 1.58 bits per heavy atom. The number of anilines is 1. The number of hydrogen-bond donors (Lipinski definition) is 1. The average Bonchev–Trinajstić information content (AvgIpc) is 2.41. The maximum Gasteiger partial charge on any atom is 0.0603 e. The van der Waals surface area contributed by atoms with Crippen LogP contribution in [0.1, 0.15) is 49.6 Å². The second kappa shape index (κ2) is 5.87. The first kappa shape index (κ1) is 13.6. The van der Waals surface area contributed by atoms with Crippen molar-refractivity contribution in [2.75, 3.05) is 5.32 Å². The molecule has 19 heavy (non-hydrogen) atoms. The third-order valence-corrected chi connectivity index (χ3v) is 3.48. The van der Waals surface area contributed by atoms with Crippen LogP contribution in [-0.4, -0.2) is 4.98 Å². The van der Waals surface area contributed by atoms with E-state index >= 15 is 0 Å². The lowest BCUT2D eigenvalue weighted by atomic mass is 9.99. The molecule has 1 N–H and O–H groups in total. The maximum absolute atomic E-state index is 4.30. The molecule has 0 aliphatic heterocycles. The molecular weight excluding hydrogens is 232 g/mol. The molecule has 2 rings (SSSR count). The number of nitrogens with one attached hydrogen (secondary N) is 1. The highest BCUT2D eigenvalue weighted by molar-refractivity contribution is 5.48. The van der Waals surface area contributed by atoms with E-state index in [9.17, 15) is 0 Å². The SMILES string of the molecule is Cc1ncccc1NC(C)c1ccc(C(C)C)cc1. The summed E-state index contributed by atoms with van der Waals surface area (Å²) in [5, 5.41) is 3.51. The standard InChI is InChI=1S/C17H22N2/c1-12(2)15-7-9-16(10-8-15)13(3)19-17-6-5-11-18-14(17)4/h5-13,19H,1-4H3. The van der Waals surface area contributed by atoms with E-state index in [1.165, 1.54) is 11.1 Å². The summed E-state index contributed by atoms with van der Waals surface area (Å²) in [7, 11) is 0. The van der Waals surface area contributed by atoms with E-state index in [1.807, 2.05) is 19.2 Å². The van der Waals surface area contributed by atoms with E-state index in [0.717, 1.165) is 11.4 Å². The average molecular weight is 254 g/mol. The van der Waals surface area contributed by atoms with Crippen LogP contribution in [0.15, 0.2) is 42.6 Å². The first-order valence-electron chi connectivity index (χ1n) is 6.86. The Labute approximate surface area is 115 Å². The highest BCUT2D eigenvalue weighted by Crippen LogP contribution is 2.22. The molecule has 2 heteroatoms. The molecule has 1 unspecified atom stereocenters. The van der Waals surface area contributed by atoms with Crippen molar-refractivity contribution in [2.45, 2.75) is 39.7 Å². The number of benzene rings is 1. The van der Waals surface area contributed by atoms with Crippen molar-refractivity contribution in [1.29, 1.82) is 0 Å². The van der Waals surface area contributed by atoms with Gasteiger partial charge in [-0.3, -0.25) is 4.98 Å². The van der Waals surface area contributed by atoms with Gasteiger partial charge in [-0.1, -0.05) is 38.1 Å². The molecule has 0 saturated heterocycles. The van der Waals surface area contributed by atoms with Crippen molar-refractivity contribution in [3.05, 3.63) is 59.4 Å². The van der Waals surface area contributed by atoms with Crippen LogP contribution >= 0.6 is 0 Å². The molecule has 1 aromatic carbocycles. The number of rotatable bonds is 4. The minimum Gasteiger partial charge on any atom is -0.377 e. The van der Waals surface area contributed by atoms with Crippen LogP contribution < -0.4 is 5.32 Å². The summed E-state index contributed by atoms with van der Waals surface area (Å²) in [6.07, 6.45) is 1.82. The van der Waals surface area contributed by atoms with Gasteiger partial charge in [0.25, 0.3) is 0 Å². The summed E-state index contributed by atoms with van der Waals surface area (Å²) in [5.41, 5.74) is 4.82. The Morgan fingerprint density at radius 3 is 2.16 bits per heavy atom. The smallest absolute Gasteiger partial charge is 0.0603 e.